The number of nitriles is 1. The Kier molecular flexibility index (Phi) is 4.55. The smallest absolute Gasteiger partial charge is 0.298 e. The van der Waals surface area contributed by atoms with E-state index >= 15 is 0 Å². The van der Waals surface area contributed by atoms with E-state index < -0.39 is 17.6 Å². The monoisotopic (exact) mass is 319 g/mol. The number of amides is 1. The number of carbonyl (C=O) groups is 1. The lowest BCUT2D eigenvalue weighted by Crippen LogP contribution is -2.31. The summed E-state index contributed by atoms with van der Waals surface area (Å²) in [5.74, 6) is -0.555. The lowest BCUT2D eigenvalue weighted by Gasteiger charge is -2.16. The summed E-state index contributed by atoms with van der Waals surface area (Å²) < 4.78 is 39.0. The highest BCUT2D eigenvalue weighted by molar-refractivity contribution is 5.96. The Balaban J connectivity index is 2.23. The first-order valence-corrected chi connectivity index (χ1v) is 6.56. The SMILES string of the molecule is Cc1ccccc1C(=O)NNc1ccc(C#N)cc1C(F)(F)F. The van der Waals surface area contributed by atoms with Gasteiger partial charge in [0, 0.05) is 5.56 Å². The quantitative estimate of drug-likeness (QED) is 0.849. The van der Waals surface area contributed by atoms with E-state index in [9.17, 15) is 18.0 Å². The van der Waals surface area contributed by atoms with Crippen molar-refractivity contribution in [1.29, 1.82) is 5.26 Å². The van der Waals surface area contributed by atoms with Gasteiger partial charge in [-0.3, -0.25) is 15.6 Å². The zero-order valence-corrected chi connectivity index (χ0v) is 12.0. The van der Waals surface area contributed by atoms with Gasteiger partial charge in [0.15, 0.2) is 0 Å². The van der Waals surface area contributed by atoms with Crippen LogP contribution in [0.2, 0.25) is 0 Å². The second-order valence-electron chi connectivity index (χ2n) is 4.76. The summed E-state index contributed by atoms with van der Waals surface area (Å²) in [6.45, 7) is 1.72. The molecule has 1 amide bonds. The Hall–Kier alpha value is -3.01. The van der Waals surface area contributed by atoms with Crippen molar-refractivity contribution in [1.82, 2.24) is 5.43 Å². The number of benzene rings is 2. The van der Waals surface area contributed by atoms with E-state index in [1.165, 1.54) is 6.07 Å². The van der Waals surface area contributed by atoms with Gasteiger partial charge in [0.25, 0.3) is 5.91 Å². The van der Waals surface area contributed by atoms with Gasteiger partial charge in [-0.15, -0.1) is 0 Å². The van der Waals surface area contributed by atoms with Gasteiger partial charge in [-0.2, -0.15) is 18.4 Å². The molecule has 2 N–H and O–H groups in total. The van der Waals surface area contributed by atoms with Crippen LogP contribution in [0, 0.1) is 18.3 Å². The molecule has 2 aromatic carbocycles. The number of anilines is 1. The number of hydrogen-bond acceptors (Lipinski definition) is 3. The minimum Gasteiger partial charge on any atom is -0.298 e. The topological polar surface area (TPSA) is 64.9 Å². The predicted octanol–water partition coefficient (Wildman–Crippen LogP) is 3.64. The van der Waals surface area contributed by atoms with Gasteiger partial charge in [-0.05, 0) is 36.8 Å². The lowest BCUT2D eigenvalue weighted by molar-refractivity contribution is -0.137. The van der Waals surface area contributed by atoms with Crippen molar-refractivity contribution >= 4 is 11.6 Å². The van der Waals surface area contributed by atoms with E-state index in [0.717, 1.165) is 12.1 Å². The summed E-state index contributed by atoms with van der Waals surface area (Å²) >= 11 is 0. The first-order chi connectivity index (χ1) is 10.8. The molecule has 0 spiro atoms. The number of nitrogens with zero attached hydrogens (tertiary/aromatic N) is 1. The van der Waals surface area contributed by atoms with Gasteiger partial charge in [-0.1, -0.05) is 18.2 Å². The van der Waals surface area contributed by atoms with Gasteiger partial charge in [0.05, 0.1) is 22.9 Å². The zero-order chi connectivity index (χ0) is 17.0. The second kappa shape index (κ2) is 6.40. The third-order valence-electron chi connectivity index (χ3n) is 3.15. The Morgan fingerprint density at radius 3 is 2.48 bits per heavy atom. The fraction of sp³-hybridized carbons (Fsp3) is 0.125. The number of rotatable bonds is 3. The van der Waals surface area contributed by atoms with Gasteiger partial charge in [0.2, 0.25) is 0 Å². The standard InChI is InChI=1S/C16H12F3N3O/c1-10-4-2-3-5-12(10)15(23)22-21-14-7-6-11(9-20)8-13(14)16(17,18)19/h2-8,21H,1H3,(H,22,23). The van der Waals surface area contributed by atoms with Crippen LogP contribution in [0.4, 0.5) is 18.9 Å². The predicted molar refractivity (Wildman–Crippen MR) is 78.4 cm³/mol. The van der Waals surface area contributed by atoms with E-state index in [-0.39, 0.29) is 11.3 Å². The molecule has 7 heteroatoms. The fourth-order valence-electron chi connectivity index (χ4n) is 1.98. The Labute approximate surface area is 130 Å². The number of hydrogen-bond donors (Lipinski definition) is 2. The van der Waals surface area contributed by atoms with Crippen LogP contribution < -0.4 is 10.9 Å². The number of carbonyl (C=O) groups excluding carboxylic acids is 1. The van der Waals surface area contributed by atoms with E-state index in [1.54, 1.807) is 37.3 Å². The van der Waals surface area contributed by atoms with Crippen molar-refractivity contribution in [3.63, 3.8) is 0 Å². The summed E-state index contributed by atoms with van der Waals surface area (Å²) in [5, 5.41) is 8.71. The molecule has 2 rings (SSSR count). The maximum atomic E-state index is 13.0. The summed E-state index contributed by atoms with van der Waals surface area (Å²) in [7, 11) is 0. The van der Waals surface area contributed by atoms with Crippen molar-refractivity contribution in [3.05, 3.63) is 64.7 Å². The normalized spacial score (nSPS) is 10.7. The highest BCUT2D eigenvalue weighted by Gasteiger charge is 2.34. The molecule has 0 aliphatic heterocycles. The van der Waals surface area contributed by atoms with Crippen molar-refractivity contribution in [3.8, 4) is 6.07 Å². The molecule has 0 atom stereocenters. The molecule has 4 nitrogen and oxygen atoms in total. The summed E-state index contributed by atoms with van der Waals surface area (Å²) in [4.78, 5) is 12.0. The highest BCUT2D eigenvalue weighted by atomic mass is 19.4. The molecule has 0 unspecified atom stereocenters. The zero-order valence-electron chi connectivity index (χ0n) is 12.0. The molecule has 2 aromatic rings. The molecule has 0 aromatic heterocycles. The Morgan fingerprint density at radius 1 is 1.17 bits per heavy atom. The molecule has 0 radical (unpaired) electrons. The molecular formula is C16H12F3N3O. The van der Waals surface area contributed by atoms with Gasteiger partial charge < -0.3 is 0 Å². The third kappa shape index (κ3) is 3.80. The molecule has 0 saturated carbocycles. The fourth-order valence-corrected chi connectivity index (χ4v) is 1.98. The van der Waals surface area contributed by atoms with Crippen LogP contribution in [-0.4, -0.2) is 5.91 Å². The van der Waals surface area contributed by atoms with Crippen LogP contribution in [0.1, 0.15) is 27.0 Å². The van der Waals surface area contributed by atoms with Gasteiger partial charge in [-0.25, -0.2) is 0 Å². The van der Waals surface area contributed by atoms with E-state index in [1.807, 2.05) is 0 Å². The molecule has 0 heterocycles. The Morgan fingerprint density at radius 2 is 1.87 bits per heavy atom. The van der Waals surface area contributed by atoms with E-state index in [0.29, 0.717) is 11.1 Å². The number of hydrazine groups is 1. The third-order valence-corrected chi connectivity index (χ3v) is 3.15. The summed E-state index contributed by atoms with van der Waals surface area (Å²) in [5.41, 5.74) is 4.07. The van der Waals surface area contributed by atoms with E-state index in [2.05, 4.69) is 10.9 Å². The number of alkyl halides is 3. The van der Waals surface area contributed by atoms with Crippen LogP contribution in [0.5, 0.6) is 0 Å². The van der Waals surface area contributed by atoms with Crippen molar-refractivity contribution < 1.29 is 18.0 Å². The number of aryl methyl sites for hydroxylation is 1. The van der Waals surface area contributed by atoms with Gasteiger partial charge in [0.1, 0.15) is 0 Å². The first-order valence-electron chi connectivity index (χ1n) is 6.56. The van der Waals surface area contributed by atoms with Crippen molar-refractivity contribution in [2.24, 2.45) is 0 Å². The summed E-state index contributed by atoms with van der Waals surface area (Å²) in [6.07, 6.45) is -4.65. The minimum atomic E-state index is -4.65. The molecule has 23 heavy (non-hydrogen) atoms. The van der Waals surface area contributed by atoms with Gasteiger partial charge >= 0.3 is 6.18 Å². The highest BCUT2D eigenvalue weighted by Crippen LogP contribution is 2.35. The molecular weight excluding hydrogens is 307 g/mol. The average molecular weight is 319 g/mol. The minimum absolute atomic E-state index is 0.117. The molecule has 0 aliphatic rings. The first kappa shape index (κ1) is 16.4. The number of nitrogens with one attached hydrogen (secondary N) is 2. The van der Waals surface area contributed by atoms with Crippen molar-refractivity contribution in [2.45, 2.75) is 13.1 Å². The molecule has 0 aliphatic carbocycles. The van der Waals surface area contributed by atoms with Crippen LogP contribution in [0.3, 0.4) is 0 Å². The largest absolute Gasteiger partial charge is 0.418 e. The molecule has 0 bridgehead atoms. The van der Waals surface area contributed by atoms with Crippen molar-refractivity contribution in [2.75, 3.05) is 5.43 Å². The Bertz CT molecular complexity index is 779. The molecule has 0 saturated heterocycles. The second-order valence-corrected chi connectivity index (χ2v) is 4.76. The lowest BCUT2D eigenvalue weighted by atomic mass is 10.1. The number of halogens is 3. The van der Waals surface area contributed by atoms with E-state index in [4.69, 9.17) is 5.26 Å². The molecule has 118 valence electrons. The van der Waals surface area contributed by atoms with Crippen LogP contribution in [0.25, 0.3) is 0 Å². The van der Waals surface area contributed by atoms with Crippen LogP contribution in [0.15, 0.2) is 42.5 Å². The maximum Gasteiger partial charge on any atom is 0.418 e. The molecule has 0 fully saturated rings. The van der Waals surface area contributed by atoms with Crippen LogP contribution in [-0.2, 0) is 6.18 Å². The van der Waals surface area contributed by atoms with Crippen LogP contribution >= 0.6 is 0 Å². The maximum absolute atomic E-state index is 13.0. The average Bonchev–Trinajstić information content (AvgIpc) is 2.52. The summed E-state index contributed by atoms with van der Waals surface area (Å²) in [6, 6.07) is 11.4.